The summed E-state index contributed by atoms with van der Waals surface area (Å²) >= 11 is 11.6. The lowest BCUT2D eigenvalue weighted by atomic mass is 10.00. The molecular weight excluding hydrogens is 443 g/mol. The molecule has 0 spiro atoms. The number of phenolic OH excluding ortho intramolecular Hbond substituents is 1. The molecule has 0 unspecified atom stereocenters. The van der Waals surface area contributed by atoms with E-state index in [0.717, 1.165) is 38.9 Å². The fraction of sp³-hybridized carbons (Fsp3) is 0.368. The Labute approximate surface area is 182 Å². The number of aromatic hydroxyl groups is 1. The molecule has 0 saturated heterocycles. The number of phenols is 1. The molecule has 0 bridgehead atoms. The van der Waals surface area contributed by atoms with Crippen molar-refractivity contribution in [2.24, 2.45) is 0 Å². The maximum absolute atomic E-state index is 12.3. The highest BCUT2D eigenvalue weighted by atomic mass is 35.5. The monoisotopic (exact) mass is 464 g/mol. The van der Waals surface area contributed by atoms with Crippen LogP contribution in [0.4, 0.5) is 0 Å². The molecule has 0 saturated carbocycles. The summed E-state index contributed by atoms with van der Waals surface area (Å²) in [5.74, 6) is -0.319. The number of halogens is 3. The Morgan fingerprint density at radius 3 is 2.39 bits per heavy atom. The number of fused-ring (bicyclic) bond motifs is 1. The molecule has 3 rings (SSSR count). The zero-order chi connectivity index (χ0) is 19.4. The summed E-state index contributed by atoms with van der Waals surface area (Å²) in [7, 11) is -3.71. The number of benzene rings is 2. The van der Waals surface area contributed by atoms with Crippen LogP contribution in [0, 0.1) is 0 Å². The van der Waals surface area contributed by atoms with Crippen molar-refractivity contribution in [1.82, 2.24) is 9.62 Å². The first-order chi connectivity index (χ1) is 12.9. The van der Waals surface area contributed by atoms with Gasteiger partial charge < -0.3 is 5.11 Å². The van der Waals surface area contributed by atoms with Gasteiger partial charge in [-0.05, 0) is 49.1 Å². The molecule has 0 aromatic heterocycles. The summed E-state index contributed by atoms with van der Waals surface area (Å²) in [5, 5.41) is 9.36. The average molecular weight is 466 g/mol. The molecule has 2 aromatic carbocycles. The van der Waals surface area contributed by atoms with Crippen LogP contribution in [0.25, 0.3) is 0 Å². The molecular formula is C19H23Cl3N2O3S. The molecule has 1 aliphatic heterocycles. The Morgan fingerprint density at radius 1 is 1.07 bits per heavy atom. The van der Waals surface area contributed by atoms with Gasteiger partial charge in [0.05, 0.1) is 14.9 Å². The molecule has 0 radical (unpaired) electrons. The van der Waals surface area contributed by atoms with Crippen LogP contribution in [0.1, 0.15) is 24.0 Å². The van der Waals surface area contributed by atoms with Gasteiger partial charge in [-0.1, -0.05) is 47.5 Å². The van der Waals surface area contributed by atoms with Gasteiger partial charge >= 0.3 is 0 Å². The van der Waals surface area contributed by atoms with Gasteiger partial charge in [-0.3, -0.25) is 4.90 Å². The van der Waals surface area contributed by atoms with E-state index in [-0.39, 0.29) is 33.1 Å². The van der Waals surface area contributed by atoms with Crippen molar-refractivity contribution in [3.63, 3.8) is 0 Å². The lowest BCUT2D eigenvalue weighted by molar-refractivity contribution is 0.249. The molecule has 154 valence electrons. The van der Waals surface area contributed by atoms with Crippen molar-refractivity contribution in [3.8, 4) is 5.75 Å². The third-order valence-electron chi connectivity index (χ3n) is 4.70. The van der Waals surface area contributed by atoms with Crippen LogP contribution in [-0.4, -0.2) is 38.1 Å². The fourth-order valence-electron chi connectivity index (χ4n) is 3.19. The number of nitrogens with zero attached hydrogens (tertiary/aromatic N) is 1. The number of hydrogen-bond donors (Lipinski definition) is 2. The standard InChI is InChI=1S/C19H22Cl2N2O3S.ClH/c20-17-11-16(12-18(21)19(17)24)27(25,26)22-8-3-4-9-23-10-7-14-5-1-2-6-15(14)13-23;/h1-2,5-6,11-12,22,24H,3-4,7-10,13H2;1H. The molecule has 0 fully saturated rings. The van der Waals surface area contributed by atoms with Gasteiger partial charge in [0.2, 0.25) is 10.0 Å². The second kappa shape index (κ2) is 10.1. The lowest BCUT2D eigenvalue weighted by Gasteiger charge is -2.28. The maximum atomic E-state index is 12.3. The van der Waals surface area contributed by atoms with E-state index >= 15 is 0 Å². The minimum absolute atomic E-state index is 0. The van der Waals surface area contributed by atoms with Gasteiger partial charge in [0.1, 0.15) is 0 Å². The van der Waals surface area contributed by atoms with E-state index in [1.807, 2.05) is 0 Å². The highest BCUT2D eigenvalue weighted by Gasteiger charge is 2.18. The largest absolute Gasteiger partial charge is 0.505 e. The highest BCUT2D eigenvalue weighted by Crippen LogP contribution is 2.34. The second-order valence-corrected chi connectivity index (χ2v) is 9.22. The normalized spacial score (nSPS) is 14.4. The van der Waals surface area contributed by atoms with Crippen LogP contribution in [0.15, 0.2) is 41.3 Å². The van der Waals surface area contributed by atoms with Gasteiger partial charge in [-0.2, -0.15) is 0 Å². The topological polar surface area (TPSA) is 69.6 Å². The average Bonchev–Trinajstić information content (AvgIpc) is 2.65. The van der Waals surface area contributed by atoms with Crippen LogP contribution in [0.2, 0.25) is 10.0 Å². The van der Waals surface area contributed by atoms with E-state index < -0.39 is 10.0 Å². The van der Waals surface area contributed by atoms with Crippen molar-refractivity contribution in [2.45, 2.75) is 30.7 Å². The number of rotatable bonds is 7. The molecule has 5 nitrogen and oxygen atoms in total. The van der Waals surface area contributed by atoms with E-state index in [4.69, 9.17) is 23.2 Å². The highest BCUT2D eigenvalue weighted by molar-refractivity contribution is 7.89. The first-order valence-electron chi connectivity index (χ1n) is 8.83. The quantitative estimate of drug-likeness (QED) is 0.600. The molecule has 0 aliphatic carbocycles. The smallest absolute Gasteiger partial charge is 0.240 e. The molecule has 28 heavy (non-hydrogen) atoms. The van der Waals surface area contributed by atoms with Crippen LogP contribution < -0.4 is 4.72 Å². The fourth-order valence-corrected chi connectivity index (χ4v) is 4.93. The van der Waals surface area contributed by atoms with Crippen molar-refractivity contribution in [3.05, 3.63) is 57.6 Å². The van der Waals surface area contributed by atoms with E-state index in [0.29, 0.717) is 6.54 Å². The van der Waals surface area contributed by atoms with E-state index in [9.17, 15) is 13.5 Å². The molecule has 0 amide bonds. The van der Waals surface area contributed by atoms with Crippen LogP contribution in [0.3, 0.4) is 0 Å². The minimum atomic E-state index is -3.71. The summed E-state index contributed by atoms with van der Waals surface area (Å²) in [6, 6.07) is 10.9. The molecule has 2 aromatic rings. The van der Waals surface area contributed by atoms with Crippen molar-refractivity contribution in [1.29, 1.82) is 0 Å². The summed E-state index contributed by atoms with van der Waals surface area (Å²) in [6.07, 6.45) is 2.70. The number of nitrogens with one attached hydrogen (secondary N) is 1. The van der Waals surface area contributed by atoms with E-state index in [1.54, 1.807) is 0 Å². The van der Waals surface area contributed by atoms with Crippen molar-refractivity contribution < 1.29 is 13.5 Å². The van der Waals surface area contributed by atoms with E-state index in [1.165, 1.54) is 23.3 Å². The molecule has 1 heterocycles. The Balaban J connectivity index is 0.00000280. The van der Waals surface area contributed by atoms with Crippen LogP contribution in [0.5, 0.6) is 5.75 Å². The van der Waals surface area contributed by atoms with Gasteiger partial charge in [-0.25, -0.2) is 13.1 Å². The van der Waals surface area contributed by atoms with Gasteiger partial charge in [0.25, 0.3) is 0 Å². The summed E-state index contributed by atoms with van der Waals surface area (Å²) in [6.45, 7) is 3.26. The van der Waals surface area contributed by atoms with Gasteiger partial charge in [0.15, 0.2) is 5.75 Å². The Kier molecular flexibility index (Phi) is 8.43. The predicted molar refractivity (Wildman–Crippen MR) is 115 cm³/mol. The third kappa shape index (κ3) is 5.75. The maximum Gasteiger partial charge on any atom is 0.240 e. The lowest BCUT2D eigenvalue weighted by Crippen LogP contribution is -2.32. The Hall–Kier alpha value is -1.02. The second-order valence-electron chi connectivity index (χ2n) is 6.64. The third-order valence-corrected chi connectivity index (χ3v) is 6.72. The first-order valence-corrected chi connectivity index (χ1v) is 11.1. The minimum Gasteiger partial charge on any atom is -0.505 e. The number of unbranched alkanes of at least 4 members (excludes halogenated alkanes) is 1. The van der Waals surface area contributed by atoms with E-state index in [2.05, 4.69) is 33.9 Å². The number of sulfonamides is 1. The van der Waals surface area contributed by atoms with Gasteiger partial charge in [0, 0.05) is 19.6 Å². The molecule has 1 aliphatic rings. The predicted octanol–water partition coefficient (Wildman–Crippen LogP) is 4.24. The molecule has 2 N–H and O–H groups in total. The van der Waals surface area contributed by atoms with Gasteiger partial charge in [-0.15, -0.1) is 12.4 Å². The SMILES string of the molecule is Cl.O=S(=O)(NCCCCN1CCc2ccccc2C1)c1cc(Cl)c(O)c(Cl)c1. The summed E-state index contributed by atoms with van der Waals surface area (Å²) in [5.41, 5.74) is 2.80. The summed E-state index contributed by atoms with van der Waals surface area (Å²) < 4.78 is 27.2. The van der Waals surface area contributed by atoms with Crippen LogP contribution >= 0.6 is 35.6 Å². The Bertz CT molecular complexity index is 899. The molecule has 9 heteroatoms. The Morgan fingerprint density at radius 2 is 1.71 bits per heavy atom. The van der Waals surface area contributed by atoms with Crippen molar-refractivity contribution >= 4 is 45.6 Å². The van der Waals surface area contributed by atoms with Crippen LogP contribution in [-0.2, 0) is 23.0 Å². The first kappa shape index (κ1) is 23.3. The van der Waals surface area contributed by atoms with Crippen molar-refractivity contribution in [2.75, 3.05) is 19.6 Å². The molecule has 0 atom stereocenters. The zero-order valence-corrected chi connectivity index (χ0v) is 18.3. The summed E-state index contributed by atoms with van der Waals surface area (Å²) in [4.78, 5) is 2.35. The number of hydrogen-bond acceptors (Lipinski definition) is 4. The zero-order valence-electron chi connectivity index (χ0n) is 15.2.